The summed E-state index contributed by atoms with van der Waals surface area (Å²) < 4.78 is 0. The van der Waals surface area contributed by atoms with Gasteiger partial charge in [-0.25, -0.2) is 0 Å². The third-order valence-corrected chi connectivity index (χ3v) is 2.57. The monoisotopic (exact) mass is 201 g/mol. The third kappa shape index (κ3) is 2.30. The highest BCUT2D eigenvalue weighted by atomic mass is 32.1. The third-order valence-electron chi connectivity index (χ3n) is 2.13. The summed E-state index contributed by atoms with van der Waals surface area (Å²) in [6, 6.07) is 0. The average molecular weight is 201 g/mol. The van der Waals surface area contributed by atoms with Crippen molar-refractivity contribution in [3.63, 3.8) is 0 Å². The van der Waals surface area contributed by atoms with Gasteiger partial charge in [0.2, 0.25) is 5.91 Å². The van der Waals surface area contributed by atoms with Crippen LogP contribution in [0.2, 0.25) is 0 Å². The molecular weight excluding hydrogens is 190 g/mol. The Labute approximate surface area is 81.3 Å². The first-order valence-electron chi connectivity index (χ1n) is 4.05. The van der Waals surface area contributed by atoms with Crippen LogP contribution in [-0.4, -0.2) is 22.7 Å². The number of nitrogens with two attached hydrogens (primary N) is 1. The molecule has 0 aromatic carbocycles. The number of carbonyl (C=O) groups is 3. The summed E-state index contributed by atoms with van der Waals surface area (Å²) in [7, 11) is 0. The first-order valence-corrected chi connectivity index (χ1v) is 4.57. The summed E-state index contributed by atoms with van der Waals surface area (Å²) in [5, 5.41) is -0.481. The molecule has 0 saturated heterocycles. The molecule has 72 valence electrons. The lowest BCUT2D eigenvalue weighted by Crippen LogP contribution is -2.20. The van der Waals surface area contributed by atoms with E-state index in [0.717, 1.165) is 0 Å². The maximum atomic E-state index is 11.3. The highest BCUT2D eigenvalue weighted by molar-refractivity contribution is 7.81. The second-order valence-corrected chi connectivity index (χ2v) is 3.77. The van der Waals surface area contributed by atoms with Gasteiger partial charge in [0.15, 0.2) is 5.78 Å². The van der Waals surface area contributed by atoms with Crippen molar-refractivity contribution in [1.82, 2.24) is 0 Å². The number of hydrogen-bond donors (Lipinski definition) is 2. The fraction of sp³-hybridized carbons (Fsp3) is 0.625. The molecule has 4 nitrogen and oxygen atoms in total. The minimum absolute atomic E-state index is 0.0860. The van der Waals surface area contributed by atoms with Gasteiger partial charge in [0.05, 0.1) is 11.2 Å². The van der Waals surface area contributed by atoms with E-state index in [1.807, 2.05) is 0 Å². The number of hydrogen-bond acceptors (Lipinski definition) is 4. The number of rotatable bonds is 3. The predicted molar refractivity (Wildman–Crippen MR) is 49.3 cm³/mol. The summed E-state index contributed by atoms with van der Waals surface area (Å²) in [5.74, 6) is -1.42. The highest BCUT2D eigenvalue weighted by Crippen LogP contribution is 2.25. The van der Waals surface area contributed by atoms with Gasteiger partial charge in [0.1, 0.15) is 5.78 Å². The minimum atomic E-state index is -0.644. The van der Waals surface area contributed by atoms with Gasteiger partial charge in [-0.2, -0.15) is 12.6 Å². The van der Waals surface area contributed by atoms with E-state index >= 15 is 0 Å². The molecule has 1 amide bonds. The standard InChI is InChI=1S/C8H11NO3S/c9-7(11)2-1-4-5(10)3-6(13)8(4)12/h4,6,13H,1-3H2,(H2,9,11). The number of primary amides is 1. The molecule has 0 aromatic rings. The number of thiol groups is 1. The van der Waals surface area contributed by atoms with Gasteiger partial charge in [0, 0.05) is 12.8 Å². The molecule has 0 aliphatic heterocycles. The normalized spacial score (nSPS) is 28.1. The smallest absolute Gasteiger partial charge is 0.217 e. The van der Waals surface area contributed by atoms with Crippen molar-refractivity contribution in [1.29, 1.82) is 0 Å². The number of Topliss-reactive ketones (excluding diaryl/α,β-unsaturated/α-hetero) is 2. The van der Waals surface area contributed by atoms with Crippen LogP contribution in [0.1, 0.15) is 19.3 Å². The molecule has 1 saturated carbocycles. The van der Waals surface area contributed by atoms with Crippen LogP contribution in [0, 0.1) is 5.92 Å². The van der Waals surface area contributed by atoms with E-state index in [1.165, 1.54) is 0 Å². The van der Waals surface area contributed by atoms with E-state index in [-0.39, 0.29) is 30.8 Å². The lowest BCUT2D eigenvalue weighted by atomic mass is 10.00. The quantitative estimate of drug-likeness (QED) is 0.486. The fourth-order valence-electron chi connectivity index (χ4n) is 1.41. The highest BCUT2D eigenvalue weighted by Gasteiger charge is 2.38. The van der Waals surface area contributed by atoms with Crippen molar-refractivity contribution in [2.75, 3.05) is 0 Å². The lowest BCUT2D eigenvalue weighted by molar-refractivity contribution is -0.127. The van der Waals surface area contributed by atoms with E-state index in [1.54, 1.807) is 0 Å². The van der Waals surface area contributed by atoms with Crippen molar-refractivity contribution in [3.05, 3.63) is 0 Å². The van der Waals surface area contributed by atoms with Crippen molar-refractivity contribution < 1.29 is 14.4 Å². The maximum absolute atomic E-state index is 11.3. The Hall–Kier alpha value is -0.840. The van der Waals surface area contributed by atoms with E-state index in [2.05, 4.69) is 12.6 Å². The molecule has 2 atom stereocenters. The Morgan fingerprint density at radius 3 is 2.54 bits per heavy atom. The maximum Gasteiger partial charge on any atom is 0.217 e. The zero-order valence-electron chi connectivity index (χ0n) is 7.03. The molecule has 0 radical (unpaired) electrons. The van der Waals surface area contributed by atoms with Gasteiger partial charge in [-0.1, -0.05) is 0 Å². The van der Waals surface area contributed by atoms with Gasteiger partial charge >= 0.3 is 0 Å². The first kappa shape index (κ1) is 10.2. The van der Waals surface area contributed by atoms with Crippen LogP contribution in [0.25, 0.3) is 0 Å². The van der Waals surface area contributed by atoms with Crippen molar-refractivity contribution in [3.8, 4) is 0 Å². The van der Waals surface area contributed by atoms with E-state index in [9.17, 15) is 14.4 Å². The van der Waals surface area contributed by atoms with Crippen molar-refractivity contribution in [2.45, 2.75) is 24.5 Å². The largest absolute Gasteiger partial charge is 0.370 e. The molecule has 0 spiro atoms. The number of ketones is 2. The molecule has 1 rings (SSSR count). The second kappa shape index (κ2) is 3.91. The molecular formula is C8H11NO3S. The Bertz CT molecular complexity index is 264. The average Bonchev–Trinajstić information content (AvgIpc) is 2.24. The molecule has 1 aliphatic rings. The van der Waals surface area contributed by atoms with Crippen LogP contribution in [-0.2, 0) is 14.4 Å². The number of amides is 1. The van der Waals surface area contributed by atoms with Crippen molar-refractivity contribution in [2.24, 2.45) is 11.7 Å². The zero-order valence-corrected chi connectivity index (χ0v) is 7.92. The topological polar surface area (TPSA) is 77.2 Å². The van der Waals surface area contributed by atoms with Crippen LogP contribution in [0.4, 0.5) is 0 Å². The Morgan fingerprint density at radius 2 is 2.15 bits per heavy atom. The zero-order chi connectivity index (χ0) is 10.0. The Kier molecular flexibility index (Phi) is 3.08. The number of carbonyl (C=O) groups excluding carboxylic acids is 3. The van der Waals surface area contributed by atoms with Crippen LogP contribution < -0.4 is 5.73 Å². The summed E-state index contributed by atoms with van der Waals surface area (Å²) >= 11 is 3.96. The van der Waals surface area contributed by atoms with Crippen LogP contribution >= 0.6 is 12.6 Å². The summed E-state index contributed by atoms with van der Waals surface area (Å²) in [4.78, 5) is 32.9. The molecule has 0 heterocycles. The van der Waals surface area contributed by atoms with Crippen LogP contribution in [0.15, 0.2) is 0 Å². The van der Waals surface area contributed by atoms with Gasteiger partial charge in [-0.3, -0.25) is 14.4 Å². The first-order chi connectivity index (χ1) is 6.02. The van der Waals surface area contributed by atoms with Gasteiger partial charge < -0.3 is 5.73 Å². The fourth-order valence-corrected chi connectivity index (χ4v) is 1.77. The predicted octanol–water partition coefficient (Wildman–Crippen LogP) is -0.292. The molecule has 2 unspecified atom stereocenters. The van der Waals surface area contributed by atoms with E-state index < -0.39 is 17.1 Å². The van der Waals surface area contributed by atoms with Gasteiger partial charge in [0.25, 0.3) is 0 Å². The van der Waals surface area contributed by atoms with Crippen LogP contribution in [0.5, 0.6) is 0 Å². The molecule has 0 aromatic heterocycles. The van der Waals surface area contributed by atoms with E-state index in [0.29, 0.717) is 0 Å². The molecule has 1 fully saturated rings. The second-order valence-electron chi connectivity index (χ2n) is 3.15. The lowest BCUT2D eigenvalue weighted by Gasteiger charge is -2.03. The molecule has 0 bridgehead atoms. The molecule has 5 heteroatoms. The van der Waals surface area contributed by atoms with Crippen molar-refractivity contribution >= 4 is 30.1 Å². The van der Waals surface area contributed by atoms with E-state index in [4.69, 9.17) is 5.73 Å². The molecule has 1 aliphatic carbocycles. The Balaban J connectivity index is 2.54. The molecule has 2 N–H and O–H groups in total. The van der Waals surface area contributed by atoms with Crippen LogP contribution in [0.3, 0.4) is 0 Å². The minimum Gasteiger partial charge on any atom is -0.370 e. The van der Waals surface area contributed by atoms with Gasteiger partial charge in [-0.05, 0) is 6.42 Å². The SMILES string of the molecule is NC(=O)CCC1C(=O)CC(S)C1=O. The summed E-state index contributed by atoms with van der Waals surface area (Å²) in [6.07, 6.45) is 0.512. The molecule has 13 heavy (non-hydrogen) atoms. The summed E-state index contributed by atoms with van der Waals surface area (Å²) in [6.45, 7) is 0. The summed E-state index contributed by atoms with van der Waals surface area (Å²) in [5.41, 5.74) is 4.92. The van der Waals surface area contributed by atoms with Gasteiger partial charge in [-0.15, -0.1) is 0 Å². The Morgan fingerprint density at radius 1 is 1.54 bits per heavy atom.